The predicted molar refractivity (Wildman–Crippen MR) is 107 cm³/mol. The molecule has 1 aliphatic carbocycles. The molecule has 1 saturated heterocycles. The first-order chi connectivity index (χ1) is 11.6. The van der Waals surface area contributed by atoms with Crippen molar-refractivity contribution in [3.05, 3.63) is 17.0 Å². The maximum absolute atomic E-state index is 12.3. The Bertz CT molecular complexity index is 607. The lowest BCUT2D eigenvalue weighted by molar-refractivity contribution is -0.135. The third-order valence-electron chi connectivity index (χ3n) is 4.68. The summed E-state index contributed by atoms with van der Waals surface area (Å²) in [7, 11) is 0. The number of rotatable bonds is 5. The minimum absolute atomic E-state index is 0. The molecule has 1 saturated carbocycles. The molecule has 2 aliphatic rings. The number of aromatic nitrogens is 1. The molecule has 1 amide bonds. The fraction of sp³-hybridized carbons (Fsp3) is 0.706. The van der Waals surface area contributed by atoms with Crippen molar-refractivity contribution in [3.63, 3.8) is 0 Å². The Labute approximate surface area is 166 Å². The summed E-state index contributed by atoms with van der Waals surface area (Å²) >= 11 is 0. The number of guanidine groups is 1. The van der Waals surface area contributed by atoms with Gasteiger partial charge in [0.2, 0.25) is 5.91 Å². The molecule has 0 atom stereocenters. The van der Waals surface area contributed by atoms with E-state index in [2.05, 4.69) is 15.4 Å². The van der Waals surface area contributed by atoms with Crippen LogP contribution in [0.4, 0.5) is 0 Å². The van der Waals surface area contributed by atoms with Gasteiger partial charge in [0, 0.05) is 37.8 Å². The van der Waals surface area contributed by atoms with E-state index in [9.17, 15) is 4.79 Å². The second-order valence-electron chi connectivity index (χ2n) is 6.53. The Kier molecular flexibility index (Phi) is 7.09. The molecule has 0 unspecified atom stereocenters. The molecule has 0 radical (unpaired) electrons. The Morgan fingerprint density at radius 2 is 2.12 bits per heavy atom. The topological polar surface area (TPSA) is 74.0 Å². The first kappa shape index (κ1) is 20.0. The number of aliphatic imine (C=N–C) groups is 1. The molecular formula is C17H28IN5O2. The van der Waals surface area contributed by atoms with Gasteiger partial charge in [0.1, 0.15) is 5.76 Å². The van der Waals surface area contributed by atoms with Gasteiger partial charge in [0.05, 0.1) is 12.2 Å². The number of piperazine rings is 1. The Balaban J connectivity index is 0.00000225. The van der Waals surface area contributed by atoms with Crippen LogP contribution in [0.3, 0.4) is 0 Å². The molecule has 25 heavy (non-hydrogen) atoms. The minimum Gasteiger partial charge on any atom is -0.361 e. The van der Waals surface area contributed by atoms with E-state index in [-0.39, 0.29) is 29.9 Å². The first-order valence-electron chi connectivity index (χ1n) is 8.84. The van der Waals surface area contributed by atoms with Gasteiger partial charge in [-0.25, -0.2) is 0 Å². The van der Waals surface area contributed by atoms with Gasteiger partial charge in [-0.2, -0.15) is 0 Å². The second kappa shape index (κ2) is 8.86. The van der Waals surface area contributed by atoms with Gasteiger partial charge in [-0.1, -0.05) is 5.16 Å². The summed E-state index contributed by atoms with van der Waals surface area (Å²) in [5, 5.41) is 7.29. The molecule has 7 nitrogen and oxygen atoms in total. The average molecular weight is 461 g/mol. The zero-order valence-corrected chi connectivity index (χ0v) is 17.6. The van der Waals surface area contributed by atoms with E-state index in [1.165, 1.54) is 0 Å². The smallest absolute Gasteiger partial charge is 0.242 e. The van der Waals surface area contributed by atoms with E-state index < -0.39 is 0 Å². The average Bonchev–Trinajstić information content (AvgIpc) is 3.35. The highest BCUT2D eigenvalue weighted by molar-refractivity contribution is 14.0. The fourth-order valence-corrected chi connectivity index (χ4v) is 3.20. The van der Waals surface area contributed by atoms with Gasteiger partial charge in [-0.15, -0.1) is 24.0 Å². The van der Waals surface area contributed by atoms with Crippen molar-refractivity contribution in [2.75, 3.05) is 32.7 Å². The quantitative estimate of drug-likeness (QED) is 0.411. The van der Waals surface area contributed by atoms with E-state index in [0.717, 1.165) is 61.9 Å². The number of nitrogens with one attached hydrogen (secondary N) is 1. The molecule has 1 aromatic heterocycles. The van der Waals surface area contributed by atoms with Crippen molar-refractivity contribution in [2.45, 2.75) is 46.1 Å². The fourth-order valence-electron chi connectivity index (χ4n) is 3.20. The van der Waals surface area contributed by atoms with Crippen molar-refractivity contribution in [3.8, 4) is 0 Å². The molecule has 1 aromatic rings. The Morgan fingerprint density at radius 1 is 1.36 bits per heavy atom. The van der Waals surface area contributed by atoms with Gasteiger partial charge in [0.15, 0.2) is 5.96 Å². The van der Waals surface area contributed by atoms with Gasteiger partial charge in [0.25, 0.3) is 0 Å². The molecule has 0 spiro atoms. The normalized spacial score (nSPS) is 18.4. The maximum Gasteiger partial charge on any atom is 0.242 e. The minimum atomic E-state index is 0. The number of hydrogen-bond donors (Lipinski definition) is 1. The third kappa shape index (κ3) is 4.86. The number of carbonyl (C=O) groups excluding carboxylic acids is 1. The number of hydrogen-bond acceptors (Lipinski definition) is 4. The Morgan fingerprint density at radius 3 is 2.68 bits per heavy atom. The van der Waals surface area contributed by atoms with Crippen LogP contribution in [0.1, 0.15) is 36.8 Å². The largest absolute Gasteiger partial charge is 0.361 e. The number of nitrogens with zero attached hydrogens (tertiary/aromatic N) is 4. The molecule has 8 heteroatoms. The highest BCUT2D eigenvalue weighted by atomic mass is 127. The zero-order chi connectivity index (χ0) is 17.1. The van der Waals surface area contributed by atoms with Gasteiger partial charge >= 0.3 is 0 Å². The lowest BCUT2D eigenvalue weighted by Crippen LogP contribution is -2.55. The lowest BCUT2D eigenvalue weighted by atomic mass is 10.1. The number of carbonyl (C=O) groups is 1. The second-order valence-corrected chi connectivity index (χ2v) is 6.53. The summed E-state index contributed by atoms with van der Waals surface area (Å²) in [6.07, 6.45) is 3.13. The lowest BCUT2D eigenvalue weighted by Gasteiger charge is -2.36. The summed E-state index contributed by atoms with van der Waals surface area (Å²) in [5.41, 5.74) is 2.06. The maximum atomic E-state index is 12.3. The third-order valence-corrected chi connectivity index (χ3v) is 4.68. The van der Waals surface area contributed by atoms with Crippen LogP contribution in [-0.4, -0.2) is 65.6 Å². The van der Waals surface area contributed by atoms with Crippen LogP contribution in [0.25, 0.3) is 0 Å². The van der Waals surface area contributed by atoms with Crippen molar-refractivity contribution in [1.82, 2.24) is 20.3 Å². The standard InChI is InChI=1S/C17H27N5O2.HI/c1-4-18-17(19-8-7-15-12(2)20-24-13(15)3)21-9-10-22(14-5-6-14)16(23)11-21;/h14H,4-11H2,1-3H3,(H,18,19);1H. The van der Waals surface area contributed by atoms with Gasteiger partial charge in [-0.05, 0) is 40.0 Å². The van der Waals surface area contributed by atoms with E-state index in [1.54, 1.807) is 0 Å². The van der Waals surface area contributed by atoms with Crippen LogP contribution in [-0.2, 0) is 11.2 Å². The van der Waals surface area contributed by atoms with Crippen LogP contribution >= 0.6 is 24.0 Å². The first-order valence-corrected chi connectivity index (χ1v) is 8.84. The van der Waals surface area contributed by atoms with Crippen molar-refractivity contribution in [1.29, 1.82) is 0 Å². The summed E-state index contributed by atoms with van der Waals surface area (Å²) in [4.78, 5) is 21.1. The Hall–Kier alpha value is -1.32. The highest BCUT2D eigenvalue weighted by Crippen LogP contribution is 2.28. The summed E-state index contributed by atoms with van der Waals surface area (Å²) in [6, 6.07) is 0.499. The van der Waals surface area contributed by atoms with Crippen molar-refractivity contribution >= 4 is 35.8 Å². The summed E-state index contributed by atoms with van der Waals surface area (Å²) in [5.74, 6) is 1.91. The summed E-state index contributed by atoms with van der Waals surface area (Å²) in [6.45, 7) is 9.46. The van der Waals surface area contributed by atoms with Crippen LogP contribution in [0.2, 0.25) is 0 Å². The van der Waals surface area contributed by atoms with Crippen LogP contribution in [0.5, 0.6) is 0 Å². The molecule has 0 aromatic carbocycles. The molecular weight excluding hydrogens is 433 g/mol. The number of aryl methyl sites for hydroxylation is 2. The summed E-state index contributed by atoms with van der Waals surface area (Å²) < 4.78 is 5.20. The molecule has 3 rings (SSSR count). The van der Waals surface area contributed by atoms with Crippen LogP contribution in [0.15, 0.2) is 9.52 Å². The van der Waals surface area contributed by atoms with Crippen LogP contribution < -0.4 is 5.32 Å². The molecule has 0 bridgehead atoms. The molecule has 1 aliphatic heterocycles. The zero-order valence-electron chi connectivity index (χ0n) is 15.2. The molecule has 1 N–H and O–H groups in total. The van der Waals surface area contributed by atoms with Gasteiger partial charge in [-0.3, -0.25) is 9.79 Å². The van der Waals surface area contributed by atoms with Crippen molar-refractivity contribution in [2.24, 2.45) is 4.99 Å². The van der Waals surface area contributed by atoms with Crippen molar-refractivity contribution < 1.29 is 9.32 Å². The predicted octanol–water partition coefficient (Wildman–Crippen LogP) is 1.72. The number of amides is 1. The number of halogens is 1. The molecule has 140 valence electrons. The van der Waals surface area contributed by atoms with Gasteiger partial charge < -0.3 is 19.6 Å². The SMILES string of the molecule is CCNC(=NCCc1c(C)noc1C)N1CCN(C2CC2)C(=O)C1.I. The van der Waals surface area contributed by atoms with E-state index in [1.807, 2.05) is 25.7 Å². The molecule has 2 fully saturated rings. The van der Waals surface area contributed by atoms with E-state index in [0.29, 0.717) is 19.1 Å². The van der Waals surface area contributed by atoms with E-state index >= 15 is 0 Å². The van der Waals surface area contributed by atoms with Crippen LogP contribution in [0, 0.1) is 13.8 Å². The monoisotopic (exact) mass is 461 g/mol. The molecule has 2 heterocycles. The van der Waals surface area contributed by atoms with E-state index in [4.69, 9.17) is 9.52 Å². The highest BCUT2D eigenvalue weighted by Gasteiger charge is 2.36.